The van der Waals surface area contributed by atoms with E-state index >= 15 is 0 Å². The minimum atomic E-state index is -0.659. The SMILES string of the molecule is Cn1cc2c(Oc3ccc(C(=O)N4CCCC4)c(F)c3)cc(C(=O)Nc3cnccn3)cc2n1. The van der Waals surface area contributed by atoms with Gasteiger partial charge in [0.1, 0.15) is 17.3 Å². The van der Waals surface area contributed by atoms with E-state index in [0.29, 0.717) is 35.6 Å². The molecule has 0 radical (unpaired) electrons. The number of benzene rings is 2. The molecule has 3 heterocycles. The summed E-state index contributed by atoms with van der Waals surface area (Å²) in [6.45, 7) is 1.28. The fourth-order valence-corrected chi connectivity index (χ4v) is 3.93. The van der Waals surface area contributed by atoms with Crippen molar-refractivity contribution in [2.24, 2.45) is 7.05 Å². The molecule has 1 fully saturated rings. The second-order valence-corrected chi connectivity index (χ2v) is 8.00. The summed E-state index contributed by atoms with van der Waals surface area (Å²) in [5.41, 5.74) is 0.830. The van der Waals surface area contributed by atoms with Crippen LogP contribution < -0.4 is 10.1 Å². The normalized spacial score (nSPS) is 13.3. The molecule has 0 bridgehead atoms. The molecular weight excluding hydrogens is 439 g/mol. The smallest absolute Gasteiger partial charge is 0.257 e. The van der Waals surface area contributed by atoms with Crippen LogP contribution in [0.1, 0.15) is 33.6 Å². The molecule has 0 atom stereocenters. The van der Waals surface area contributed by atoms with Crippen molar-refractivity contribution in [2.75, 3.05) is 18.4 Å². The van der Waals surface area contributed by atoms with Gasteiger partial charge in [-0.25, -0.2) is 9.37 Å². The number of amides is 2. The molecule has 0 unspecified atom stereocenters. The van der Waals surface area contributed by atoms with E-state index in [1.807, 2.05) is 0 Å². The Hall–Kier alpha value is -4.34. The lowest BCUT2D eigenvalue weighted by atomic mass is 10.1. The van der Waals surface area contributed by atoms with E-state index in [1.165, 1.54) is 30.7 Å². The highest BCUT2D eigenvalue weighted by Crippen LogP contribution is 2.32. The van der Waals surface area contributed by atoms with Gasteiger partial charge in [0, 0.05) is 50.4 Å². The fraction of sp³-hybridized carbons (Fsp3) is 0.208. The maximum Gasteiger partial charge on any atom is 0.257 e. The number of anilines is 1. The molecule has 34 heavy (non-hydrogen) atoms. The lowest BCUT2D eigenvalue weighted by molar-refractivity contribution is 0.0788. The van der Waals surface area contributed by atoms with Crippen molar-refractivity contribution in [3.05, 3.63) is 72.1 Å². The van der Waals surface area contributed by atoms with Gasteiger partial charge in [-0.05, 0) is 37.1 Å². The predicted molar refractivity (Wildman–Crippen MR) is 122 cm³/mol. The number of hydrogen-bond acceptors (Lipinski definition) is 6. The number of ether oxygens (including phenoxy) is 1. The third-order valence-corrected chi connectivity index (χ3v) is 5.56. The Balaban J connectivity index is 1.44. The molecule has 172 valence electrons. The molecule has 5 rings (SSSR count). The van der Waals surface area contributed by atoms with Gasteiger partial charge in [0.15, 0.2) is 5.82 Å². The van der Waals surface area contributed by atoms with Crippen LogP contribution in [-0.2, 0) is 7.05 Å². The molecule has 2 aromatic heterocycles. The van der Waals surface area contributed by atoms with E-state index in [2.05, 4.69) is 20.4 Å². The van der Waals surface area contributed by atoms with Gasteiger partial charge in [0.2, 0.25) is 0 Å². The van der Waals surface area contributed by atoms with Crippen molar-refractivity contribution in [1.82, 2.24) is 24.6 Å². The number of nitrogens with one attached hydrogen (secondary N) is 1. The lowest BCUT2D eigenvalue weighted by Crippen LogP contribution is -2.28. The summed E-state index contributed by atoms with van der Waals surface area (Å²) in [5.74, 6) is -0.570. The van der Waals surface area contributed by atoms with Gasteiger partial charge in [-0.1, -0.05) is 0 Å². The minimum Gasteiger partial charge on any atom is -0.456 e. The number of rotatable bonds is 5. The van der Waals surface area contributed by atoms with E-state index in [1.54, 1.807) is 41.0 Å². The second kappa shape index (κ2) is 8.89. The Morgan fingerprint density at radius 1 is 1.12 bits per heavy atom. The van der Waals surface area contributed by atoms with Crippen LogP contribution in [0.15, 0.2) is 55.1 Å². The topological polar surface area (TPSA) is 102 Å². The first-order valence-corrected chi connectivity index (χ1v) is 10.8. The fourth-order valence-electron chi connectivity index (χ4n) is 3.93. The first-order valence-electron chi connectivity index (χ1n) is 10.8. The number of hydrogen-bond donors (Lipinski definition) is 1. The van der Waals surface area contributed by atoms with Gasteiger partial charge in [0.05, 0.1) is 22.7 Å². The summed E-state index contributed by atoms with van der Waals surface area (Å²) in [6, 6.07) is 7.33. The Bertz CT molecular complexity index is 1380. The molecule has 0 aliphatic carbocycles. The summed E-state index contributed by atoms with van der Waals surface area (Å²) in [4.78, 5) is 35.0. The van der Waals surface area contributed by atoms with Crippen molar-refractivity contribution >= 4 is 28.5 Å². The zero-order valence-corrected chi connectivity index (χ0v) is 18.4. The number of fused-ring (bicyclic) bond motifs is 1. The molecule has 2 aromatic carbocycles. The zero-order chi connectivity index (χ0) is 23.7. The summed E-state index contributed by atoms with van der Waals surface area (Å²) in [7, 11) is 1.75. The van der Waals surface area contributed by atoms with Crippen LogP contribution in [0.2, 0.25) is 0 Å². The highest BCUT2D eigenvalue weighted by molar-refractivity contribution is 6.06. The molecule has 1 N–H and O–H groups in total. The number of carbonyl (C=O) groups excluding carboxylic acids is 2. The van der Waals surface area contributed by atoms with Crippen molar-refractivity contribution in [3.63, 3.8) is 0 Å². The Labute approximate surface area is 194 Å². The van der Waals surface area contributed by atoms with E-state index in [9.17, 15) is 14.0 Å². The number of halogens is 1. The van der Waals surface area contributed by atoms with Gasteiger partial charge in [0.25, 0.3) is 11.8 Å². The van der Waals surface area contributed by atoms with Crippen molar-refractivity contribution < 1.29 is 18.7 Å². The van der Waals surface area contributed by atoms with Crippen LogP contribution in [0.4, 0.5) is 10.2 Å². The highest BCUT2D eigenvalue weighted by Gasteiger charge is 2.23. The van der Waals surface area contributed by atoms with Crippen LogP contribution in [0, 0.1) is 5.82 Å². The monoisotopic (exact) mass is 460 g/mol. The maximum atomic E-state index is 14.8. The molecule has 10 heteroatoms. The number of aromatic nitrogens is 4. The van der Waals surface area contributed by atoms with Crippen molar-refractivity contribution in [3.8, 4) is 11.5 Å². The average molecular weight is 460 g/mol. The van der Waals surface area contributed by atoms with Gasteiger partial charge >= 0.3 is 0 Å². The Morgan fingerprint density at radius 3 is 2.68 bits per heavy atom. The largest absolute Gasteiger partial charge is 0.456 e. The van der Waals surface area contributed by atoms with Crippen LogP contribution in [-0.4, -0.2) is 49.6 Å². The summed E-state index contributed by atoms with van der Waals surface area (Å²) in [5, 5.41) is 7.69. The second-order valence-electron chi connectivity index (χ2n) is 8.00. The number of nitrogens with zero attached hydrogens (tertiary/aromatic N) is 5. The third-order valence-electron chi connectivity index (χ3n) is 5.56. The third kappa shape index (κ3) is 4.29. The molecule has 4 aromatic rings. The van der Waals surface area contributed by atoms with E-state index in [0.717, 1.165) is 12.8 Å². The molecule has 0 saturated carbocycles. The zero-order valence-electron chi connectivity index (χ0n) is 18.4. The predicted octanol–water partition coefficient (Wildman–Crippen LogP) is 3.78. The standard InChI is InChI=1S/C24H21FN6O3/c1-30-14-18-20(29-30)10-15(23(32)28-22-13-26-6-7-27-22)11-21(18)34-16-4-5-17(19(25)12-16)24(33)31-8-2-3-9-31/h4-7,10-14H,2-3,8-9H2,1H3,(H,27,28,32). The summed E-state index contributed by atoms with van der Waals surface area (Å²) >= 11 is 0. The van der Waals surface area contributed by atoms with Gasteiger partial charge in [-0.2, -0.15) is 5.10 Å². The highest BCUT2D eigenvalue weighted by atomic mass is 19.1. The maximum absolute atomic E-state index is 14.8. The molecule has 9 nitrogen and oxygen atoms in total. The molecule has 1 aliphatic heterocycles. The molecule has 2 amide bonds. The van der Waals surface area contributed by atoms with Crippen molar-refractivity contribution in [2.45, 2.75) is 12.8 Å². The molecule has 0 spiro atoms. The molecule has 1 saturated heterocycles. The van der Waals surface area contributed by atoms with Gasteiger partial charge in [-0.15, -0.1) is 0 Å². The molecule has 1 aliphatic rings. The number of aryl methyl sites for hydroxylation is 1. The Morgan fingerprint density at radius 2 is 1.94 bits per heavy atom. The van der Waals surface area contributed by atoms with Crippen LogP contribution >= 0.6 is 0 Å². The first-order chi connectivity index (χ1) is 16.5. The number of carbonyl (C=O) groups is 2. The van der Waals surface area contributed by atoms with Gasteiger partial charge < -0.3 is 15.0 Å². The van der Waals surface area contributed by atoms with Crippen LogP contribution in [0.25, 0.3) is 10.9 Å². The first kappa shape index (κ1) is 21.5. The van der Waals surface area contributed by atoms with Crippen molar-refractivity contribution in [1.29, 1.82) is 0 Å². The quantitative estimate of drug-likeness (QED) is 0.486. The van der Waals surface area contributed by atoms with E-state index in [4.69, 9.17) is 4.74 Å². The van der Waals surface area contributed by atoms with Crippen LogP contribution in [0.3, 0.4) is 0 Å². The average Bonchev–Trinajstić information content (AvgIpc) is 3.49. The molecular formula is C24H21FN6O3. The summed E-state index contributed by atoms with van der Waals surface area (Å²) < 4.78 is 22.4. The van der Waals surface area contributed by atoms with E-state index in [-0.39, 0.29) is 22.8 Å². The lowest BCUT2D eigenvalue weighted by Gasteiger charge is -2.16. The summed E-state index contributed by atoms with van der Waals surface area (Å²) in [6.07, 6.45) is 8.01. The Kier molecular flexibility index (Phi) is 5.62. The van der Waals surface area contributed by atoms with Crippen LogP contribution in [0.5, 0.6) is 11.5 Å². The van der Waals surface area contributed by atoms with E-state index < -0.39 is 11.7 Å². The number of likely N-dealkylation sites (tertiary alicyclic amines) is 1. The minimum absolute atomic E-state index is 0.0119. The van der Waals surface area contributed by atoms with Gasteiger partial charge in [-0.3, -0.25) is 19.3 Å².